The lowest BCUT2D eigenvalue weighted by atomic mass is 10.1. The van der Waals surface area contributed by atoms with E-state index < -0.39 is 0 Å². The lowest BCUT2D eigenvalue weighted by Crippen LogP contribution is -2.15. The van der Waals surface area contributed by atoms with Gasteiger partial charge in [-0.2, -0.15) is 0 Å². The van der Waals surface area contributed by atoms with Crippen molar-refractivity contribution in [1.29, 1.82) is 0 Å². The van der Waals surface area contributed by atoms with E-state index in [1.165, 1.54) is 12.1 Å². The van der Waals surface area contributed by atoms with Gasteiger partial charge in [-0.1, -0.05) is 37.6 Å². The highest BCUT2D eigenvalue weighted by Crippen LogP contribution is 2.06. The Hall–Kier alpha value is -1.15. The van der Waals surface area contributed by atoms with Crippen molar-refractivity contribution < 1.29 is 4.39 Å². The summed E-state index contributed by atoms with van der Waals surface area (Å²) in [6, 6.07) is 6.48. The zero-order valence-corrected chi connectivity index (χ0v) is 8.41. The molecule has 0 heterocycles. The van der Waals surface area contributed by atoms with E-state index in [1.807, 2.05) is 12.2 Å². The van der Waals surface area contributed by atoms with Gasteiger partial charge >= 0.3 is 0 Å². The van der Waals surface area contributed by atoms with Crippen LogP contribution in [-0.2, 0) is 0 Å². The van der Waals surface area contributed by atoms with Crippen molar-refractivity contribution in [3.63, 3.8) is 0 Å². The SMILES string of the molecule is CCCC(N)/C=C/c1ccc(F)cc1. The van der Waals surface area contributed by atoms with Gasteiger partial charge in [0, 0.05) is 6.04 Å². The molecular weight excluding hydrogens is 177 g/mol. The van der Waals surface area contributed by atoms with Crippen molar-refractivity contribution in [3.8, 4) is 0 Å². The third-order valence-corrected chi connectivity index (χ3v) is 2.03. The molecule has 1 unspecified atom stereocenters. The fourth-order valence-corrected chi connectivity index (χ4v) is 1.24. The molecule has 0 bridgehead atoms. The topological polar surface area (TPSA) is 26.0 Å². The quantitative estimate of drug-likeness (QED) is 0.781. The highest BCUT2D eigenvalue weighted by atomic mass is 19.1. The summed E-state index contributed by atoms with van der Waals surface area (Å²) in [7, 11) is 0. The number of nitrogens with two attached hydrogens (primary N) is 1. The van der Waals surface area contributed by atoms with Crippen molar-refractivity contribution in [3.05, 3.63) is 41.7 Å². The summed E-state index contributed by atoms with van der Waals surface area (Å²) in [4.78, 5) is 0. The van der Waals surface area contributed by atoms with Crippen LogP contribution in [0.5, 0.6) is 0 Å². The zero-order valence-electron chi connectivity index (χ0n) is 8.41. The van der Waals surface area contributed by atoms with E-state index in [0.717, 1.165) is 18.4 Å². The lowest BCUT2D eigenvalue weighted by Gasteiger charge is -2.02. The summed E-state index contributed by atoms with van der Waals surface area (Å²) in [6.07, 6.45) is 5.95. The Bertz CT molecular complexity index is 290. The molecule has 76 valence electrons. The maximum Gasteiger partial charge on any atom is 0.123 e. The molecule has 0 aliphatic heterocycles. The molecule has 0 spiro atoms. The van der Waals surface area contributed by atoms with Gasteiger partial charge in [-0.15, -0.1) is 0 Å². The molecule has 0 aliphatic rings. The Morgan fingerprint density at radius 2 is 2.00 bits per heavy atom. The second-order valence-corrected chi connectivity index (χ2v) is 3.36. The van der Waals surface area contributed by atoms with Gasteiger partial charge in [-0.05, 0) is 24.1 Å². The summed E-state index contributed by atoms with van der Waals surface area (Å²) < 4.78 is 12.6. The van der Waals surface area contributed by atoms with Crippen LogP contribution in [0.25, 0.3) is 6.08 Å². The van der Waals surface area contributed by atoms with Crippen molar-refractivity contribution in [2.75, 3.05) is 0 Å². The van der Waals surface area contributed by atoms with E-state index in [4.69, 9.17) is 5.73 Å². The molecule has 1 atom stereocenters. The third kappa shape index (κ3) is 3.71. The second kappa shape index (κ2) is 5.55. The lowest BCUT2D eigenvalue weighted by molar-refractivity contribution is 0.628. The Balaban J connectivity index is 2.55. The summed E-state index contributed by atoms with van der Waals surface area (Å²) >= 11 is 0. The van der Waals surface area contributed by atoms with E-state index >= 15 is 0 Å². The molecule has 0 radical (unpaired) electrons. The van der Waals surface area contributed by atoms with E-state index in [9.17, 15) is 4.39 Å². The monoisotopic (exact) mass is 193 g/mol. The summed E-state index contributed by atoms with van der Waals surface area (Å²) in [5.74, 6) is -0.208. The molecule has 14 heavy (non-hydrogen) atoms. The molecule has 0 fully saturated rings. The minimum atomic E-state index is -0.208. The Morgan fingerprint density at radius 1 is 1.36 bits per heavy atom. The number of rotatable bonds is 4. The normalized spacial score (nSPS) is 13.4. The van der Waals surface area contributed by atoms with Gasteiger partial charge in [0.25, 0.3) is 0 Å². The number of benzene rings is 1. The largest absolute Gasteiger partial charge is 0.324 e. The molecule has 0 amide bonds. The summed E-state index contributed by atoms with van der Waals surface area (Å²) in [6.45, 7) is 2.10. The van der Waals surface area contributed by atoms with Crippen molar-refractivity contribution in [1.82, 2.24) is 0 Å². The highest BCUT2D eigenvalue weighted by Gasteiger charge is 1.94. The van der Waals surface area contributed by atoms with Gasteiger partial charge in [-0.25, -0.2) is 4.39 Å². The van der Waals surface area contributed by atoms with Crippen molar-refractivity contribution in [2.24, 2.45) is 5.73 Å². The molecule has 1 aromatic rings. The molecule has 0 aromatic heterocycles. The molecule has 1 rings (SSSR count). The highest BCUT2D eigenvalue weighted by molar-refractivity contribution is 5.49. The molecule has 0 saturated heterocycles. The number of hydrogen-bond donors (Lipinski definition) is 1. The number of halogens is 1. The molecule has 1 nitrogen and oxygen atoms in total. The average molecular weight is 193 g/mol. The van der Waals surface area contributed by atoms with Gasteiger partial charge in [0.05, 0.1) is 0 Å². The first-order chi connectivity index (χ1) is 6.72. The number of hydrogen-bond acceptors (Lipinski definition) is 1. The van der Waals surface area contributed by atoms with Gasteiger partial charge in [0.15, 0.2) is 0 Å². The Morgan fingerprint density at radius 3 is 2.57 bits per heavy atom. The van der Waals surface area contributed by atoms with Crippen LogP contribution >= 0.6 is 0 Å². The Labute approximate surface area is 84.4 Å². The fraction of sp³-hybridized carbons (Fsp3) is 0.333. The fourth-order valence-electron chi connectivity index (χ4n) is 1.24. The standard InChI is InChI=1S/C12H16FN/c1-2-3-12(14)9-6-10-4-7-11(13)8-5-10/h4-9,12H,2-3,14H2,1H3/b9-6+. The first kappa shape index (κ1) is 10.9. The van der Waals surface area contributed by atoms with Crippen LogP contribution in [-0.4, -0.2) is 6.04 Å². The van der Waals surface area contributed by atoms with Crippen LogP contribution in [0.4, 0.5) is 4.39 Å². The van der Waals surface area contributed by atoms with Gasteiger partial charge < -0.3 is 5.73 Å². The summed E-state index contributed by atoms with van der Waals surface area (Å²) in [5, 5.41) is 0. The molecular formula is C12H16FN. The molecule has 0 aliphatic carbocycles. The first-order valence-corrected chi connectivity index (χ1v) is 4.91. The van der Waals surface area contributed by atoms with E-state index in [1.54, 1.807) is 12.1 Å². The zero-order chi connectivity index (χ0) is 10.4. The minimum absolute atomic E-state index is 0.102. The maximum atomic E-state index is 12.6. The predicted molar refractivity (Wildman–Crippen MR) is 58.3 cm³/mol. The Kier molecular flexibility index (Phi) is 4.33. The smallest absolute Gasteiger partial charge is 0.123 e. The van der Waals surface area contributed by atoms with Crippen LogP contribution in [0.1, 0.15) is 25.3 Å². The summed E-state index contributed by atoms with van der Waals surface area (Å²) in [5.41, 5.74) is 6.79. The predicted octanol–water partition coefficient (Wildman–Crippen LogP) is 2.97. The maximum absolute atomic E-state index is 12.6. The third-order valence-electron chi connectivity index (χ3n) is 2.03. The van der Waals surface area contributed by atoms with Crippen molar-refractivity contribution >= 4 is 6.08 Å². The van der Waals surface area contributed by atoms with Gasteiger partial charge in [-0.3, -0.25) is 0 Å². The molecule has 1 aromatic carbocycles. The van der Waals surface area contributed by atoms with Crippen LogP contribution in [0.2, 0.25) is 0 Å². The van der Waals surface area contributed by atoms with E-state index in [-0.39, 0.29) is 11.9 Å². The van der Waals surface area contributed by atoms with Gasteiger partial charge in [0.1, 0.15) is 5.82 Å². The average Bonchev–Trinajstić information content (AvgIpc) is 2.17. The van der Waals surface area contributed by atoms with Crippen LogP contribution < -0.4 is 5.73 Å². The second-order valence-electron chi connectivity index (χ2n) is 3.36. The van der Waals surface area contributed by atoms with Crippen LogP contribution in [0.15, 0.2) is 30.3 Å². The van der Waals surface area contributed by atoms with Gasteiger partial charge in [0.2, 0.25) is 0 Å². The van der Waals surface area contributed by atoms with E-state index in [2.05, 4.69) is 6.92 Å². The van der Waals surface area contributed by atoms with Crippen LogP contribution in [0, 0.1) is 5.82 Å². The van der Waals surface area contributed by atoms with E-state index in [0.29, 0.717) is 0 Å². The molecule has 2 heteroatoms. The minimum Gasteiger partial charge on any atom is -0.324 e. The molecule has 0 saturated carbocycles. The van der Waals surface area contributed by atoms with Crippen molar-refractivity contribution in [2.45, 2.75) is 25.8 Å². The molecule has 2 N–H and O–H groups in total. The van der Waals surface area contributed by atoms with Crippen LogP contribution in [0.3, 0.4) is 0 Å². The first-order valence-electron chi connectivity index (χ1n) is 4.91.